The normalized spacial score (nSPS) is 23.9. The van der Waals surface area contributed by atoms with Crippen LogP contribution in [0, 0.1) is 5.92 Å². The molecule has 2 unspecified atom stereocenters. The van der Waals surface area contributed by atoms with Gasteiger partial charge in [-0.05, 0) is 24.3 Å². The van der Waals surface area contributed by atoms with Crippen molar-refractivity contribution in [2.45, 2.75) is 13.0 Å². The highest BCUT2D eigenvalue weighted by Gasteiger charge is 2.17. The van der Waals surface area contributed by atoms with Crippen molar-refractivity contribution in [1.29, 1.82) is 0 Å². The maximum absolute atomic E-state index is 5.83. The van der Waals surface area contributed by atoms with Gasteiger partial charge in [-0.25, -0.2) is 0 Å². The molecule has 2 rings (SSSR count). The lowest BCUT2D eigenvalue weighted by molar-refractivity contribution is 0.209. The Labute approximate surface area is 95.4 Å². The van der Waals surface area contributed by atoms with Crippen LogP contribution in [0.3, 0.4) is 0 Å². The molecule has 16 heavy (non-hydrogen) atoms. The third-order valence-electron chi connectivity index (χ3n) is 2.58. The molecule has 0 saturated carbocycles. The van der Waals surface area contributed by atoms with E-state index in [0.717, 1.165) is 11.4 Å². The van der Waals surface area contributed by atoms with Gasteiger partial charge in [0.05, 0.1) is 0 Å². The van der Waals surface area contributed by atoms with Crippen LogP contribution in [0.5, 0.6) is 5.75 Å². The molecule has 0 heterocycles. The standard InChI is InChI=1S/C13H16N2O/c1-9-7-11(15)5-6-13(9)16-12-4-2-3-10(14)8-12/h2-9,13H,14-15H2,1H3. The van der Waals surface area contributed by atoms with Crippen LogP contribution in [-0.2, 0) is 0 Å². The molecule has 0 spiro atoms. The summed E-state index contributed by atoms with van der Waals surface area (Å²) in [5.74, 6) is 1.06. The first-order chi connectivity index (χ1) is 7.65. The van der Waals surface area contributed by atoms with Crippen molar-refractivity contribution in [1.82, 2.24) is 0 Å². The molecule has 0 amide bonds. The van der Waals surface area contributed by atoms with E-state index < -0.39 is 0 Å². The average molecular weight is 216 g/mol. The summed E-state index contributed by atoms with van der Waals surface area (Å²) in [4.78, 5) is 0. The number of benzene rings is 1. The molecular formula is C13H16N2O. The van der Waals surface area contributed by atoms with Crippen molar-refractivity contribution in [3.8, 4) is 5.75 Å². The van der Waals surface area contributed by atoms with Gasteiger partial charge in [0.1, 0.15) is 11.9 Å². The molecule has 2 atom stereocenters. The van der Waals surface area contributed by atoms with Gasteiger partial charge in [0.15, 0.2) is 0 Å². The molecule has 84 valence electrons. The van der Waals surface area contributed by atoms with E-state index in [-0.39, 0.29) is 12.0 Å². The lowest BCUT2D eigenvalue weighted by atomic mass is 9.98. The van der Waals surface area contributed by atoms with E-state index in [1.165, 1.54) is 0 Å². The van der Waals surface area contributed by atoms with E-state index in [1.54, 1.807) is 0 Å². The third kappa shape index (κ3) is 2.37. The van der Waals surface area contributed by atoms with E-state index in [0.29, 0.717) is 5.69 Å². The Morgan fingerprint density at radius 2 is 2.06 bits per heavy atom. The maximum Gasteiger partial charge on any atom is 0.123 e. The minimum Gasteiger partial charge on any atom is -0.486 e. The molecule has 1 aromatic rings. The van der Waals surface area contributed by atoms with Crippen LogP contribution in [0.4, 0.5) is 5.69 Å². The van der Waals surface area contributed by atoms with Crippen LogP contribution in [-0.4, -0.2) is 6.10 Å². The number of nitrogen functional groups attached to an aromatic ring is 1. The monoisotopic (exact) mass is 216 g/mol. The smallest absolute Gasteiger partial charge is 0.123 e. The molecule has 0 aromatic heterocycles. The Morgan fingerprint density at radius 1 is 1.25 bits per heavy atom. The fraction of sp³-hybridized carbons (Fsp3) is 0.231. The van der Waals surface area contributed by atoms with Crippen molar-refractivity contribution in [2.75, 3.05) is 5.73 Å². The van der Waals surface area contributed by atoms with Gasteiger partial charge in [-0.1, -0.05) is 19.1 Å². The third-order valence-corrected chi connectivity index (χ3v) is 2.58. The summed E-state index contributed by atoms with van der Waals surface area (Å²) in [6.45, 7) is 2.08. The maximum atomic E-state index is 5.83. The number of rotatable bonds is 2. The van der Waals surface area contributed by atoms with Gasteiger partial charge in [0.2, 0.25) is 0 Å². The zero-order chi connectivity index (χ0) is 11.5. The number of hydrogen-bond donors (Lipinski definition) is 2. The van der Waals surface area contributed by atoms with Gasteiger partial charge < -0.3 is 16.2 Å². The zero-order valence-electron chi connectivity index (χ0n) is 9.26. The SMILES string of the molecule is CC1C=C(N)C=CC1Oc1cccc(N)c1. The second-order valence-corrected chi connectivity index (χ2v) is 4.04. The van der Waals surface area contributed by atoms with E-state index in [1.807, 2.05) is 42.5 Å². The van der Waals surface area contributed by atoms with Gasteiger partial charge in [0, 0.05) is 23.4 Å². The van der Waals surface area contributed by atoms with Crippen LogP contribution < -0.4 is 16.2 Å². The Bertz CT molecular complexity index is 437. The van der Waals surface area contributed by atoms with Crippen LogP contribution in [0.1, 0.15) is 6.92 Å². The van der Waals surface area contributed by atoms with Crippen molar-refractivity contribution in [2.24, 2.45) is 11.7 Å². The summed E-state index contributed by atoms with van der Waals surface area (Å²) in [6, 6.07) is 7.44. The summed E-state index contributed by atoms with van der Waals surface area (Å²) < 4.78 is 5.83. The van der Waals surface area contributed by atoms with Gasteiger partial charge in [-0.15, -0.1) is 0 Å². The molecule has 4 N–H and O–H groups in total. The first-order valence-corrected chi connectivity index (χ1v) is 5.33. The highest BCUT2D eigenvalue weighted by molar-refractivity contribution is 5.43. The minimum atomic E-state index is 0.0223. The fourth-order valence-electron chi connectivity index (χ4n) is 1.73. The van der Waals surface area contributed by atoms with E-state index >= 15 is 0 Å². The number of allylic oxidation sites excluding steroid dienone is 1. The minimum absolute atomic E-state index is 0.0223. The van der Waals surface area contributed by atoms with Crippen LogP contribution >= 0.6 is 0 Å². The van der Waals surface area contributed by atoms with Crippen molar-refractivity contribution >= 4 is 5.69 Å². The zero-order valence-corrected chi connectivity index (χ0v) is 9.26. The molecule has 1 aromatic carbocycles. The molecular weight excluding hydrogens is 200 g/mol. The first-order valence-electron chi connectivity index (χ1n) is 5.33. The highest BCUT2D eigenvalue weighted by atomic mass is 16.5. The van der Waals surface area contributed by atoms with Crippen LogP contribution in [0.2, 0.25) is 0 Å². The van der Waals surface area contributed by atoms with E-state index in [2.05, 4.69) is 6.92 Å². The predicted octanol–water partition coefficient (Wildman–Crippen LogP) is 2.06. The van der Waals surface area contributed by atoms with Gasteiger partial charge in [-0.2, -0.15) is 0 Å². The van der Waals surface area contributed by atoms with E-state index in [4.69, 9.17) is 16.2 Å². The summed E-state index contributed by atoms with van der Waals surface area (Å²) in [7, 11) is 0. The Balaban J connectivity index is 2.09. The summed E-state index contributed by atoms with van der Waals surface area (Å²) in [6.07, 6.45) is 5.87. The van der Waals surface area contributed by atoms with Crippen LogP contribution in [0.15, 0.2) is 48.2 Å². The quantitative estimate of drug-likeness (QED) is 0.744. The fourth-order valence-corrected chi connectivity index (χ4v) is 1.73. The molecule has 0 radical (unpaired) electrons. The molecule has 0 fully saturated rings. The second-order valence-electron chi connectivity index (χ2n) is 4.04. The molecule has 1 aliphatic carbocycles. The predicted molar refractivity (Wildman–Crippen MR) is 65.8 cm³/mol. The van der Waals surface area contributed by atoms with Crippen molar-refractivity contribution in [3.05, 3.63) is 48.2 Å². The number of hydrogen-bond acceptors (Lipinski definition) is 3. The lowest BCUT2D eigenvalue weighted by Gasteiger charge is -2.23. The first kappa shape index (κ1) is 10.6. The number of anilines is 1. The summed E-state index contributed by atoms with van der Waals surface area (Å²) in [5, 5.41) is 0. The second kappa shape index (κ2) is 4.31. The van der Waals surface area contributed by atoms with Gasteiger partial charge >= 0.3 is 0 Å². The highest BCUT2D eigenvalue weighted by Crippen LogP contribution is 2.22. The van der Waals surface area contributed by atoms with E-state index in [9.17, 15) is 0 Å². The van der Waals surface area contributed by atoms with Crippen molar-refractivity contribution in [3.63, 3.8) is 0 Å². The topological polar surface area (TPSA) is 61.3 Å². The Hall–Kier alpha value is -1.90. The number of ether oxygens (including phenoxy) is 1. The largest absolute Gasteiger partial charge is 0.486 e. The average Bonchev–Trinajstić information content (AvgIpc) is 2.22. The Morgan fingerprint density at radius 3 is 2.75 bits per heavy atom. The summed E-state index contributed by atoms with van der Waals surface area (Å²) in [5.41, 5.74) is 12.9. The van der Waals surface area contributed by atoms with Gasteiger partial charge in [0.25, 0.3) is 0 Å². The summed E-state index contributed by atoms with van der Waals surface area (Å²) >= 11 is 0. The Kier molecular flexibility index (Phi) is 2.86. The molecule has 0 bridgehead atoms. The molecule has 3 nitrogen and oxygen atoms in total. The molecule has 0 aliphatic heterocycles. The van der Waals surface area contributed by atoms with Gasteiger partial charge in [-0.3, -0.25) is 0 Å². The molecule has 1 aliphatic rings. The molecule has 0 saturated heterocycles. The number of nitrogens with two attached hydrogens (primary N) is 2. The van der Waals surface area contributed by atoms with Crippen molar-refractivity contribution < 1.29 is 4.74 Å². The van der Waals surface area contributed by atoms with Crippen LogP contribution in [0.25, 0.3) is 0 Å². The lowest BCUT2D eigenvalue weighted by Crippen LogP contribution is -2.24. The molecule has 3 heteroatoms.